The maximum absolute atomic E-state index is 12.9. The number of nitrogens with one attached hydrogen (secondary N) is 3. The van der Waals surface area contributed by atoms with E-state index >= 15 is 0 Å². The zero-order valence-electron chi connectivity index (χ0n) is 17.5. The second kappa shape index (κ2) is 9.98. The average molecular weight is 508 g/mol. The van der Waals surface area contributed by atoms with Crippen LogP contribution in [0.25, 0.3) is 0 Å². The molecular formula is C20H21ClF3N3O5S. The van der Waals surface area contributed by atoms with Crippen molar-refractivity contribution < 1.29 is 36.3 Å². The van der Waals surface area contributed by atoms with Crippen molar-refractivity contribution in [1.29, 1.82) is 0 Å². The summed E-state index contributed by atoms with van der Waals surface area (Å²) in [5.74, 6) is -1.94. The Morgan fingerprint density at radius 3 is 2.12 bits per heavy atom. The molecule has 0 aromatic heterocycles. The summed E-state index contributed by atoms with van der Waals surface area (Å²) in [7, 11) is -4.02. The van der Waals surface area contributed by atoms with Crippen molar-refractivity contribution in [3.63, 3.8) is 0 Å². The molecule has 0 saturated heterocycles. The highest BCUT2D eigenvalue weighted by atomic mass is 35.5. The van der Waals surface area contributed by atoms with E-state index in [-0.39, 0.29) is 33.3 Å². The maximum atomic E-state index is 12.9. The molecule has 13 heteroatoms. The number of hydrogen-bond acceptors (Lipinski definition) is 6. The number of anilines is 2. The molecule has 0 aliphatic rings. The topological polar surface area (TPSA) is 125 Å². The molecule has 4 N–H and O–H groups in total. The van der Waals surface area contributed by atoms with Crippen LogP contribution in [0.3, 0.4) is 0 Å². The molecule has 33 heavy (non-hydrogen) atoms. The number of hydrogen-bond donors (Lipinski definition) is 4. The maximum Gasteiger partial charge on any atom is 0.426 e. The third-order valence-corrected chi connectivity index (χ3v) is 6.57. The van der Waals surface area contributed by atoms with E-state index in [2.05, 4.69) is 10.6 Å². The molecule has 2 aromatic rings. The molecule has 180 valence electrons. The molecule has 0 spiro atoms. The third kappa shape index (κ3) is 6.36. The highest BCUT2D eigenvalue weighted by Gasteiger charge is 2.55. The summed E-state index contributed by atoms with van der Waals surface area (Å²) in [5.41, 5.74) is -3.35. The van der Waals surface area contributed by atoms with Crippen LogP contribution in [0.2, 0.25) is 5.02 Å². The molecule has 2 rings (SSSR count). The molecule has 8 nitrogen and oxygen atoms in total. The SMILES string of the molecule is CC(=O)NCCNc1ccc(S(=O)(=O)c2ccc(NC(=O)[C@@](C)(O)C(F)(F)F)c(Cl)c2)cc1. The molecular weight excluding hydrogens is 487 g/mol. The number of carbonyl (C=O) groups is 2. The largest absolute Gasteiger partial charge is 0.426 e. The molecule has 0 unspecified atom stereocenters. The van der Waals surface area contributed by atoms with Crippen LogP contribution >= 0.6 is 11.6 Å². The lowest BCUT2D eigenvalue weighted by molar-refractivity contribution is -0.242. The average Bonchev–Trinajstić information content (AvgIpc) is 2.71. The van der Waals surface area contributed by atoms with Gasteiger partial charge in [0.25, 0.3) is 5.91 Å². The molecule has 1 atom stereocenters. The smallest absolute Gasteiger partial charge is 0.383 e. The Morgan fingerprint density at radius 2 is 1.61 bits per heavy atom. The van der Waals surface area contributed by atoms with Crippen LogP contribution in [0.5, 0.6) is 0 Å². The first kappa shape index (κ1) is 26.4. The standard InChI is InChI=1S/C20H21ClF3N3O5S/c1-12(28)25-9-10-26-13-3-5-14(6-4-13)33(31,32)15-7-8-17(16(21)11-15)27-18(29)19(2,30)20(22,23)24/h3-8,11,26,30H,9-10H2,1-2H3,(H,25,28)(H,27,29)/t19-/m1/s1. The zero-order valence-corrected chi connectivity index (χ0v) is 19.0. The monoisotopic (exact) mass is 507 g/mol. The first-order chi connectivity index (χ1) is 15.2. The number of sulfone groups is 1. The molecule has 0 saturated carbocycles. The van der Waals surface area contributed by atoms with Gasteiger partial charge in [0.2, 0.25) is 21.3 Å². The minimum atomic E-state index is -5.22. The predicted octanol–water partition coefficient (Wildman–Crippen LogP) is 2.97. The van der Waals surface area contributed by atoms with E-state index in [1.807, 2.05) is 5.32 Å². The van der Waals surface area contributed by atoms with Gasteiger partial charge < -0.3 is 21.1 Å². The van der Waals surface area contributed by atoms with Crippen molar-refractivity contribution in [1.82, 2.24) is 5.32 Å². The summed E-state index contributed by atoms with van der Waals surface area (Å²) < 4.78 is 64.1. The predicted molar refractivity (Wildman–Crippen MR) is 116 cm³/mol. The van der Waals surface area contributed by atoms with E-state index in [1.165, 1.54) is 31.2 Å². The van der Waals surface area contributed by atoms with Crippen LogP contribution in [0.4, 0.5) is 24.5 Å². The van der Waals surface area contributed by atoms with Crippen molar-refractivity contribution in [3.05, 3.63) is 47.5 Å². The lowest BCUT2D eigenvalue weighted by Gasteiger charge is -2.25. The molecule has 0 radical (unpaired) electrons. The fourth-order valence-electron chi connectivity index (χ4n) is 2.47. The minimum absolute atomic E-state index is 0.0669. The fraction of sp³-hybridized carbons (Fsp3) is 0.300. The Morgan fingerprint density at radius 1 is 1.03 bits per heavy atom. The second-order valence-corrected chi connectivity index (χ2v) is 9.46. The van der Waals surface area contributed by atoms with Gasteiger partial charge in [-0.15, -0.1) is 0 Å². The Balaban J connectivity index is 2.16. The van der Waals surface area contributed by atoms with Crippen LogP contribution in [0.15, 0.2) is 52.3 Å². The highest BCUT2D eigenvalue weighted by molar-refractivity contribution is 7.91. The zero-order chi connectivity index (χ0) is 25.0. The van der Waals surface area contributed by atoms with Gasteiger partial charge in [0.1, 0.15) is 0 Å². The summed E-state index contributed by atoms with van der Waals surface area (Å²) in [6, 6.07) is 8.82. The number of alkyl halides is 3. The Bertz CT molecular complexity index is 1140. The number of aliphatic hydroxyl groups is 1. The summed E-state index contributed by atoms with van der Waals surface area (Å²) in [5, 5.41) is 16.5. The molecule has 2 amide bonds. The van der Waals surface area contributed by atoms with Crippen molar-refractivity contribution in [2.24, 2.45) is 0 Å². The molecule has 0 aliphatic carbocycles. The summed E-state index contributed by atoms with van der Waals surface area (Å²) in [6.45, 7) is 2.48. The first-order valence-electron chi connectivity index (χ1n) is 9.40. The van der Waals surface area contributed by atoms with Crippen LogP contribution in [0.1, 0.15) is 13.8 Å². The lowest BCUT2D eigenvalue weighted by Crippen LogP contribution is -2.52. The van der Waals surface area contributed by atoms with Gasteiger partial charge >= 0.3 is 6.18 Å². The van der Waals surface area contributed by atoms with Gasteiger partial charge in [0.15, 0.2) is 0 Å². The van der Waals surface area contributed by atoms with Gasteiger partial charge in [-0.3, -0.25) is 9.59 Å². The van der Waals surface area contributed by atoms with Crippen molar-refractivity contribution in [2.45, 2.75) is 35.4 Å². The van der Waals surface area contributed by atoms with Gasteiger partial charge in [-0.2, -0.15) is 13.2 Å². The number of rotatable bonds is 8. The highest BCUT2D eigenvalue weighted by Crippen LogP contribution is 2.33. The van der Waals surface area contributed by atoms with Gasteiger partial charge in [0, 0.05) is 25.7 Å². The van der Waals surface area contributed by atoms with Gasteiger partial charge in [-0.05, 0) is 49.4 Å². The Kier molecular flexibility index (Phi) is 7.99. The fourth-order valence-corrected chi connectivity index (χ4v) is 4.05. The molecule has 0 aliphatic heterocycles. The first-order valence-corrected chi connectivity index (χ1v) is 11.3. The van der Waals surface area contributed by atoms with Crippen molar-refractivity contribution >= 4 is 44.6 Å². The van der Waals surface area contributed by atoms with E-state index in [0.717, 1.165) is 18.2 Å². The molecule has 2 aromatic carbocycles. The van der Waals surface area contributed by atoms with Crippen LogP contribution in [-0.4, -0.2) is 50.2 Å². The van der Waals surface area contributed by atoms with Gasteiger partial charge in [-0.25, -0.2) is 8.42 Å². The summed E-state index contributed by atoms with van der Waals surface area (Å²) in [4.78, 5) is 22.3. The number of amides is 2. The van der Waals surface area contributed by atoms with E-state index in [4.69, 9.17) is 11.6 Å². The summed E-state index contributed by atoms with van der Waals surface area (Å²) >= 11 is 5.97. The minimum Gasteiger partial charge on any atom is -0.383 e. The third-order valence-electron chi connectivity index (χ3n) is 4.49. The van der Waals surface area contributed by atoms with Gasteiger partial charge in [0.05, 0.1) is 20.5 Å². The molecule has 0 heterocycles. The number of halogens is 4. The van der Waals surface area contributed by atoms with E-state index in [0.29, 0.717) is 18.8 Å². The van der Waals surface area contributed by atoms with Crippen LogP contribution < -0.4 is 16.0 Å². The second-order valence-electron chi connectivity index (χ2n) is 7.10. The van der Waals surface area contributed by atoms with Gasteiger partial charge in [-0.1, -0.05) is 11.6 Å². The molecule has 0 fully saturated rings. The summed E-state index contributed by atoms with van der Waals surface area (Å²) in [6.07, 6.45) is -5.22. The van der Waals surface area contributed by atoms with Crippen molar-refractivity contribution in [3.8, 4) is 0 Å². The number of benzene rings is 2. The number of carbonyl (C=O) groups excluding carboxylic acids is 2. The van der Waals surface area contributed by atoms with E-state index in [9.17, 15) is 36.3 Å². The quantitative estimate of drug-likeness (QED) is 0.407. The van der Waals surface area contributed by atoms with E-state index in [1.54, 1.807) is 0 Å². The van der Waals surface area contributed by atoms with Crippen molar-refractivity contribution in [2.75, 3.05) is 23.7 Å². The molecule has 0 bridgehead atoms. The lowest BCUT2D eigenvalue weighted by atomic mass is 10.1. The van der Waals surface area contributed by atoms with E-state index < -0.39 is 27.5 Å². The normalized spacial score (nSPS) is 13.7. The Hall–Kier alpha value is -2.83. The Labute approximate surface area is 193 Å². The van der Waals surface area contributed by atoms with Crippen LogP contribution in [-0.2, 0) is 19.4 Å². The van der Waals surface area contributed by atoms with Crippen LogP contribution in [0, 0.1) is 0 Å².